The second-order valence-electron chi connectivity index (χ2n) is 6.28. The lowest BCUT2D eigenvalue weighted by molar-refractivity contribution is 0.450. The normalized spacial score (nSPS) is 25.9. The lowest BCUT2D eigenvalue weighted by Gasteiger charge is -2.28. The van der Waals surface area contributed by atoms with Gasteiger partial charge in [-0.3, -0.25) is 0 Å². The largest absolute Gasteiger partial charge is 0.122 e. The van der Waals surface area contributed by atoms with Gasteiger partial charge in [0.2, 0.25) is 0 Å². The van der Waals surface area contributed by atoms with Crippen molar-refractivity contribution in [3.8, 4) is 0 Å². The number of hydrogen-bond donors (Lipinski definition) is 0. The summed E-state index contributed by atoms with van der Waals surface area (Å²) < 4.78 is 0. The molecule has 1 fully saturated rings. The zero-order valence-corrected chi connectivity index (χ0v) is 11.9. The van der Waals surface area contributed by atoms with Crippen LogP contribution in [0.5, 0.6) is 0 Å². The van der Waals surface area contributed by atoms with Crippen molar-refractivity contribution in [2.24, 2.45) is 0 Å². The van der Waals surface area contributed by atoms with Crippen LogP contribution < -0.4 is 0 Å². The molecule has 1 heteroatoms. The van der Waals surface area contributed by atoms with Gasteiger partial charge in [0.1, 0.15) is 0 Å². The molecule has 0 amide bonds. The van der Waals surface area contributed by atoms with Crippen LogP contribution in [0.3, 0.4) is 0 Å². The summed E-state index contributed by atoms with van der Waals surface area (Å²) in [5, 5.41) is 0.337. The van der Waals surface area contributed by atoms with Gasteiger partial charge >= 0.3 is 0 Å². The minimum atomic E-state index is 0.242. The number of rotatable bonds is 1. The summed E-state index contributed by atoms with van der Waals surface area (Å²) in [6.45, 7) is 6.77. The molecule has 1 saturated carbocycles. The topological polar surface area (TPSA) is 0 Å². The lowest BCUT2D eigenvalue weighted by atomic mass is 9.81. The van der Waals surface area contributed by atoms with E-state index in [1.165, 1.54) is 36.8 Å². The first kappa shape index (κ1) is 13.0. The zero-order valence-electron chi connectivity index (χ0n) is 11.2. The maximum absolute atomic E-state index is 6.45. The fourth-order valence-corrected chi connectivity index (χ4v) is 3.12. The summed E-state index contributed by atoms with van der Waals surface area (Å²) in [7, 11) is 0. The summed E-state index contributed by atoms with van der Waals surface area (Å²) in [4.78, 5) is 0. The van der Waals surface area contributed by atoms with Crippen LogP contribution in [0.4, 0.5) is 0 Å². The molecule has 2 rings (SSSR count). The Bertz CT molecular complexity index is 358. The van der Waals surface area contributed by atoms with Gasteiger partial charge in [0.05, 0.1) is 0 Å². The van der Waals surface area contributed by atoms with Crippen LogP contribution >= 0.6 is 11.6 Å². The minimum absolute atomic E-state index is 0.242. The smallest absolute Gasteiger partial charge is 0.0404 e. The molecule has 0 aliphatic heterocycles. The second-order valence-corrected chi connectivity index (χ2v) is 6.84. The molecule has 1 aliphatic carbocycles. The van der Waals surface area contributed by atoms with Crippen LogP contribution in [0.15, 0.2) is 24.3 Å². The van der Waals surface area contributed by atoms with Crippen LogP contribution in [0.2, 0.25) is 0 Å². The van der Waals surface area contributed by atoms with Crippen LogP contribution in [0.25, 0.3) is 0 Å². The van der Waals surface area contributed by atoms with E-state index in [0.717, 1.165) is 0 Å². The number of hydrogen-bond acceptors (Lipinski definition) is 0. The van der Waals surface area contributed by atoms with Crippen molar-refractivity contribution in [2.45, 2.75) is 63.2 Å². The van der Waals surface area contributed by atoms with Gasteiger partial charge in [0, 0.05) is 11.3 Å². The summed E-state index contributed by atoms with van der Waals surface area (Å²) >= 11 is 6.45. The Kier molecular flexibility index (Phi) is 3.82. The average Bonchev–Trinajstić information content (AvgIpc) is 2.29. The van der Waals surface area contributed by atoms with E-state index in [2.05, 4.69) is 45.0 Å². The Balaban J connectivity index is 2.17. The van der Waals surface area contributed by atoms with Gasteiger partial charge in [0.25, 0.3) is 0 Å². The third-order valence-corrected chi connectivity index (χ3v) is 4.41. The van der Waals surface area contributed by atoms with E-state index in [9.17, 15) is 0 Å². The molecule has 0 nitrogen and oxygen atoms in total. The van der Waals surface area contributed by atoms with Crippen LogP contribution in [-0.2, 0) is 5.41 Å². The Morgan fingerprint density at radius 1 is 1.00 bits per heavy atom. The molecule has 0 spiro atoms. The zero-order chi connectivity index (χ0) is 12.5. The molecule has 0 heterocycles. The average molecular weight is 251 g/mol. The van der Waals surface area contributed by atoms with Crippen molar-refractivity contribution >= 4 is 11.6 Å². The third-order valence-electron chi connectivity index (χ3n) is 3.89. The van der Waals surface area contributed by atoms with Gasteiger partial charge in [-0.1, -0.05) is 57.9 Å². The number of benzene rings is 1. The van der Waals surface area contributed by atoms with Crippen molar-refractivity contribution in [1.82, 2.24) is 0 Å². The molecule has 0 N–H and O–H groups in total. The van der Waals surface area contributed by atoms with Crippen molar-refractivity contribution in [3.05, 3.63) is 35.4 Å². The highest BCUT2D eigenvalue weighted by Gasteiger charge is 2.24. The van der Waals surface area contributed by atoms with Gasteiger partial charge in [-0.05, 0) is 29.4 Å². The Morgan fingerprint density at radius 3 is 2.12 bits per heavy atom. The Morgan fingerprint density at radius 2 is 1.59 bits per heavy atom. The highest BCUT2D eigenvalue weighted by atomic mass is 35.5. The Labute approximate surface area is 110 Å². The Hall–Kier alpha value is -0.490. The van der Waals surface area contributed by atoms with Gasteiger partial charge in [0.15, 0.2) is 0 Å². The molecule has 0 saturated heterocycles. The predicted octanol–water partition coefficient (Wildman–Crippen LogP) is 5.25. The summed E-state index contributed by atoms with van der Waals surface area (Å²) in [5.74, 6) is 0.569. The molecule has 2 atom stereocenters. The highest BCUT2D eigenvalue weighted by molar-refractivity contribution is 6.21. The maximum Gasteiger partial charge on any atom is 0.0404 e. The van der Waals surface area contributed by atoms with Crippen LogP contribution in [0.1, 0.15) is 63.5 Å². The maximum atomic E-state index is 6.45. The molecule has 0 bridgehead atoms. The van der Waals surface area contributed by atoms with Gasteiger partial charge in [-0.2, -0.15) is 0 Å². The molecular weight excluding hydrogens is 228 g/mol. The molecule has 17 heavy (non-hydrogen) atoms. The highest BCUT2D eigenvalue weighted by Crippen LogP contribution is 2.37. The number of halogens is 1. The monoisotopic (exact) mass is 250 g/mol. The predicted molar refractivity (Wildman–Crippen MR) is 76.0 cm³/mol. The van der Waals surface area contributed by atoms with E-state index < -0.39 is 0 Å². The van der Waals surface area contributed by atoms with Crippen molar-refractivity contribution in [3.63, 3.8) is 0 Å². The fraction of sp³-hybridized carbons (Fsp3) is 0.625. The van der Waals surface area contributed by atoms with Gasteiger partial charge in [-0.25, -0.2) is 0 Å². The van der Waals surface area contributed by atoms with E-state index in [1.54, 1.807) is 0 Å². The molecule has 0 radical (unpaired) electrons. The van der Waals surface area contributed by atoms with E-state index in [1.807, 2.05) is 0 Å². The molecular formula is C16H23Cl. The fourth-order valence-electron chi connectivity index (χ4n) is 2.69. The first-order valence-corrected chi connectivity index (χ1v) is 7.16. The van der Waals surface area contributed by atoms with Crippen LogP contribution in [-0.4, -0.2) is 5.38 Å². The molecule has 1 aliphatic rings. The quantitative estimate of drug-likeness (QED) is 0.598. The second kappa shape index (κ2) is 5.02. The van der Waals surface area contributed by atoms with E-state index in [0.29, 0.717) is 11.3 Å². The SMILES string of the molecule is CC(C)(C)c1ccc(C2CCCCC2Cl)cc1. The van der Waals surface area contributed by atoms with Crippen molar-refractivity contribution in [1.29, 1.82) is 0 Å². The van der Waals surface area contributed by atoms with Gasteiger partial charge < -0.3 is 0 Å². The summed E-state index contributed by atoms with van der Waals surface area (Å²) in [6, 6.07) is 9.11. The van der Waals surface area contributed by atoms with Crippen molar-refractivity contribution < 1.29 is 0 Å². The lowest BCUT2D eigenvalue weighted by Crippen LogP contribution is -2.18. The van der Waals surface area contributed by atoms with E-state index in [-0.39, 0.29) is 5.41 Å². The molecule has 94 valence electrons. The summed E-state index contributed by atoms with van der Waals surface area (Å²) in [6.07, 6.45) is 5.05. The number of alkyl halides is 1. The third kappa shape index (κ3) is 3.04. The molecule has 0 aromatic heterocycles. The van der Waals surface area contributed by atoms with Crippen molar-refractivity contribution in [2.75, 3.05) is 0 Å². The van der Waals surface area contributed by atoms with Gasteiger partial charge in [-0.15, -0.1) is 11.6 Å². The summed E-state index contributed by atoms with van der Waals surface area (Å²) in [5.41, 5.74) is 3.08. The first-order valence-electron chi connectivity index (χ1n) is 6.73. The van der Waals surface area contributed by atoms with E-state index >= 15 is 0 Å². The minimum Gasteiger partial charge on any atom is -0.122 e. The molecule has 1 aromatic carbocycles. The van der Waals surface area contributed by atoms with E-state index in [4.69, 9.17) is 11.6 Å². The standard InChI is InChI=1S/C16H23Cl/c1-16(2,3)13-10-8-12(9-11-13)14-6-4-5-7-15(14)17/h8-11,14-15H,4-7H2,1-3H3. The molecule has 1 aromatic rings. The first-order chi connectivity index (χ1) is 7.98. The van der Waals surface area contributed by atoms with Crippen LogP contribution in [0, 0.1) is 0 Å². The molecule has 2 unspecified atom stereocenters.